The standard InChI is InChI=1S/C31H38N6O2/c1-4-6-21-39-26-15-13-24(14-16-26)31(38)36-19-17-35(18-20-36)29-27-22-32-37(25-11-8-7-9-12-25)30(27)34-28(33-29)23(3)10-5-2/h7-9,11-16,22-23H,4-6,10,17-21H2,1-3H3/t23-/m1/s1. The molecule has 3 heterocycles. The topological polar surface area (TPSA) is 76.4 Å². The lowest BCUT2D eigenvalue weighted by Gasteiger charge is -2.36. The summed E-state index contributed by atoms with van der Waals surface area (Å²) in [6.07, 6.45) is 6.08. The number of fused-ring (bicyclic) bond motifs is 1. The van der Waals surface area contributed by atoms with Gasteiger partial charge in [-0.2, -0.15) is 5.10 Å². The molecule has 5 rings (SSSR count). The van der Waals surface area contributed by atoms with E-state index in [-0.39, 0.29) is 11.8 Å². The minimum atomic E-state index is 0.0525. The highest BCUT2D eigenvalue weighted by Crippen LogP contribution is 2.30. The van der Waals surface area contributed by atoms with Crippen molar-refractivity contribution in [3.05, 3.63) is 72.2 Å². The quantitative estimate of drug-likeness (QED) is 0.241. The number of carbonyl (C=O) groups excluding carboxylic acids is 1. The first kappa shape index (κ1) is 26.7. The Morgan fingerprint density at radius 1 is 0.949 bits per heavy atom. The predicted molar refractivity (Wildman–Crippen MR) is 155 cm³/mol. The molecule has 0 N–H and O–H groups in total. The molecule has 0 saturated carbocycles. The second-order valence-corrected chi connectivity index (χ2v) is 10.2. The summed E-state index contributed by atoms with van der Waals surface area (Å²) in [4.78, 5) is 27.5. The second kappa shape index (κ2) is 12.3. The number of ether oxygens (including phenoxy) is 1. The first-order valence-corrected chi connectivity index (χ1v) is 14.2. The Balaban J connectivity index is 1.35. The van der Waals surface area contributed by atoms with Gasteiger partial charge in [-0.15, -0.1) is 0 Å². The maximum Gasteiger partial charge on any atom is 0.253 e. The Morgan fingerprint density at radius 3 is 2.38 bits per heavy atom. The summed E-state index contributed by atoms with van der Waals surface area (Å²) in [5.74, 6) is 2.85. The van der Waals surface area contributed by atoms with E-state index in [1.54, 1.807) is 0 Å². The summed E-state index contributed by atoms with van der Waals surface area (Å²) in [6, 6.07) is 17.6. The molecule has 1 amide bonds. The van der Waals surface area contributed by atoms with E-state index in [4.69, 9.17) is 19.8 Å². The third kappa shape index (κ3) is 5.90. The van der Waals surface area contributed by atoms with Gasteiger partial charge in [0.25, 0.3) is 5.91 Å². The SMILES string of the molecule is CCCCOc1ccc(C(=O)N2CCN(c3nc([C@H](C)CCC)nc4c3cnn4-c3ccccc3)CC2)cc1. The van der Waals surface area contributed by atoms with E-state index in [2.05, 4.69) is 25.7 Å². The lowest BCUT2D eigenvalue weighted by atomic mass is 10.1. The van der Waals surface area contributed by atoms with Crippen LogP contribution in [0.25, 0.3) is 16.7 Å². The molecule has 1 aliphatic rings. The predicted octanol–water partition coefficient (Wildman–Crippen LogP) is 5.86. The van der Waals surface area contributed by atoms with Crippen molar-refractivity contribution in [2.24, 2.45) is 0 Å². The average Bonchev–Trinajstić information content (AvgIpc) is 3.42. The molecule has 8 nitrogen and oxygen atoms in total. The van der Waals surface area contributed by atoms with Crippen LogP contribution in [0.15, 0.2) is 60.8 Å². The highest BCUT2D eigenvalue weighted by molar-refractivity contribution is 5.94. The van der Waals surface area contributed by atoms with Crippen LogP contribution in [-0.4, -0.2) is 63.3 Å². The molecule has 1 aliphatic heterocycles. The number of rotatable bonds is 10. The molecule has 0 bridgehead atoms. The Labute approximate surface area is 230 Å². The van der Waals surface area contributed by atoms with E-state index >= 15 is 0 Å². The fraction of sp³-hybridized carbons (Fsp3) is 0.419. The van der Waals surface area contributed by atoms with Gasteiger partial charge in [0.15, 0.2) is 5.65 Å². The number of hydrogen-bond acceptors (Lipinski definition) is 6. The Kier molecular flexibility index (Phi) is 8.39. The minimum absolute atomic E-state index is 0.0525. The van der Waals surface area contributed by atoms with E-state index < -0.39 is 0 Å². The molecule has 4 aromatic rings. The van der Waals surface area contributed by atoms with E-state index in [9.17, 15) is 4.79 Å². The molecule has 39 heavy (non-hydrogen) atoms. The summed E-state index contributed by atoms with van der Waals surface area (Å²) in [6.45, 7) is 9.88. The molecule has 2 aromatic heterocycles. The van der Waals surface area contributed by atoms with Crippen molar-refractivity contribution >= 4 is 22.8 Å². The van der Waals surface area contributed by atoms with E-state index in [0.29, 0.717) is 38.3 Å². The van der Waals surface area contributed by atoms with Gasteiger partial charge in [0, 0.05) is 37.7 Å². The maximum atomic E-state index is 13.2. The zero-order valence-corrected chi connectivity index (χ0v) is 23.2. The van der Waals surface area contributed by atoms with Crippen LogP contribution in [-0.2, 0) is 0 Å². The summed E-state index contributed by atoms with van der Waals surface area (Å²) < 4.78 is 7.65. The van der Waals surface area contributed by atoms with Gasteiger partial charge in [0.2, 0.25) is 0 Å². The fourth-order valence-corrected chi connectivity index (χ4v) is 5.02. The molecule has 0 radical (unpaired) electrons. The molecular formula is C31H38N6O2. The number of unbranched alkanes of at least 4 members (excludes halogenated alkanes) is 1. The monoisotopic (exact) mass is 526 g/mol. The minimum Gasteiger partial charge on any atom is -0.494 e. The summed E-state index contributed by atoms with van der Waals surface area (Å²) in [5.41, 5.74) is 2.49. The largest absolute Gasteiger partial charge is 0.494 e. The van der Waals surface area contributed by atoms with Gasteiger partial charge in [-0.1, -0.05) is 51.8 Å². The van der Waals surface area contributed by atoms with Crippen molar-refractivity contribution in [2.75, 3.05) is 37.7 Å². The first-order chi connectivity index (χ1) is 19.1. The third-order valence-electron chi connectivity index (χ3n) is 7.32. The summed E-state index contributed by atoms with van der Waals surface area (Å²) in [7, 11) is 0. The molecule has 0 unspecified atom stereocenters. The average molecular weight is 527 g/mol. The van der Waals surface area contributed by atoms with E-state index in [1.165, 1.54) is 0 Å². The van der Waals surface area contributed by atoms with E-state index in [0.717, 1.165) is 59.8 Å². The lowest BCUT2D eigenvalue weighted by Crippen LogP contribution is -2.49. The number of anilines is 1. The number of aromatic nitrogens is 4. The van der Waals surface area contributed by atoms with Gasteiger partial charge in [-0.3, -0.25) is 4.79 Å². The van der Waals surface area contributed by atoms with Crippen molar-refractivity contribution in [1.29, 1.82) is 0 Å². The number of para-hydroxylation sites is 1. The highest BCUT2D eigenvalue weighted by atomic mass is 16.5. The summed E-state index contributed by atoms with van der Waals surface area (Å²) >= 11 is 0. The molecule has 8 heteroatoms. The molecule has 1 atom stereocenters. The first-order valence-electron chi connectivity index (χ1n) is 14.2. The number of benzene rings is 2. The molecule has 204 valence electrons. The molecular weight excluding hydrogens is 488 g/mol. The second-order valence-electron chi connectivity index (χ2n) is 10.2. The zero-order chi connectivity index (χ0) is 27.2. The lowest BCUT2D eigenvalue weighted by molar-refractivity contribution is 0.0746. The number of nitrogens with zero attached hydrogens (tertiary/aromatic N) is 6. The molecule has 2 aromatic carbocycles. The van der Waals surface area contributed by atoms with Crippen molar-refractivity contribution in [2.45, 2.75) is 52.4 Å². The van der Waals surface area contributed by atoms with Crippen LogP contribution in [0, 0.1) is 0 Å². The Morgan fingerprint density at radius 2 is 1.69 bits per heavy atom. The third-order valence-corrected chi connectivity index (χ3v) is 7.32. The Bertz CT molecular complexity index is 1380. The molecule has 1 saturated heterocycles. The molecule has 0 spiro atoms. The number of carbonyl (C=O) groups is 1. The molecule has 0 aliphatic carbocycles. The van der Waals surface area contributed by atoms with Crippen molar-refractivity contribution in [3.63, 3.8) is 0 Å². The van der Waals surface area contributed by atoms with Crippen LogP contribution in [0.1, 0.15) is 68.6 Å². The number of hydrogen-bond donors (Lipinski definition) is 0. The summed E-state index contributed by atoms with van der Waals surface area (Å²) in [5, 5.41) is 5.63. The van der Waals surface area contributed by atoms with Gasteiger partial charge in [-0.25, -0.2) is 14.6 Å². The number of amides is 1. The van der Waals surface area contributed by atoms with E-state index in [1.807, 2.05) is 70.4 Å². The van der Waals surface area contributed by atoms with Crippen LogP contribution in [0.3, 0.4) is 0 Å². The van der Waals surface area contributed by atoms with Gasteiger partial charge >= 0.3 is 0 Å². The van der Waals surface area contributed by atoms with Gasteiger partial charge in [0.05, 0.1) is 23.9 Å². The highest BCUT2D eigenvalue weighted by Gasteiger charge is 2.26. The Hall–Kier alpha value is -3.94. The van der Waals surface area contributed by atoms with Gasteiger partial charge in [0.1, 0.15) is 17.4 Å². The maximum absolute atomic E-state index is 13.2. The van der Waals surface area contributed by atoms with Crippen LogP contribution >= 0.6 is 0 Å². The molecule has 1 fully saturated rings. The van der Waals surface area contributed by atoms with Crippen LogP contribution in [0.4, 0.5) is 5.82 Å². The van der Waals surface area contributed by atoms with Crippen molar-refractivity contribution < 1.29 is 9.53 Å². The van der Waals surface area contributed by atoms with Crippen molar-refractivity contribution in [1.82, 2.24) is 24.6 Å². The van der Waals surface area contributed by atoms with Crippen molar-refractivity contribution in [3.8, 4) is 11.4 Å². The normalized spacial score (nSPS) is 14.5. The van der Waals surface area contributed by atoms with Crippen LogP contribution in [0.5, 0.6) is 5.75 Å². The van der Waals surface area contributed by atoms with Crippen LogP contribution in [0.2, 0.25) is 0 Å². The zero-order valence-electron chi connectivity index (χ0n) is 23.2. The van der Waals surface area contributed by atoms with Gasteiger partial charge in [-0.05, 0) is 49.2 Å². The fourth-order valence-electron chi connectivity index (χ4n) is 5.02. The van der Waals surface area contributed by atoms with Gasteiger partial charge < -0.3 is 14.5 Å². The number of piperazine rings is 1. The van der Waals surface area contributed by atoms with Crippen LogP contribution < -0.4 is 9.64 Å². The smallest absolute Gasteiger partial charge is 0.253 e.